The molecule has 0 aromatic heterocycles. The van der Waals surface area contributed by atoms with E-state index in [1.54, 1.807) is 0 Å². The molecule has 0 saturated heterocycles. The van der Waals surface area contributed by atoms with Gasteiger partial charge in [0.05, 0.1) is 11.7 Å². The largest absolute Gasteiger partial charge is 0.388 e. The normalized spacial score (nSPS) is 12.5. The van der Waals surface area contributed by atoms with Crippen LogP contribution in [0.25, 0.3) is 0 Å². The highest BCUT2D eigenvalue weighted by Crippen LogP contribution is 2.27. The van der Waals surface area contributed by atoms with Gasteiger partial charge in [0.15, 0.2) is 0 Å². The SMILES string of the molecule is Cc1ccc(CC(O)c2c(F)cc(Br)cc2F)cc1C. The summed E-state index contributed by atoms with van der Waals surface area (Å²) in [7, 11) is 0. The van der Waals surface area contributed by atoms with E-state index in [1.807, 2.05) is 32.0 Å². The van der Waals surface area contributed by atoms with Crippen molar-refractivity contribution in [2.75, 3.05) is 0 Å². The van der Waals surface area contributed by atoms with Crippen molar-refractivity contribution < 1.29 is 13.9 Å². The van der Waals surface area contributed by atoms with Crippen molar-refractivity contribution in [3.05, 3.63) is 68.7 Å². The molecule has 0 fully saturated rings. The van der Waals surface area contributed by atoms with E-state index < -0.39 is 17.7 Å². The first-order valence-corrected chi connectivity index (χ1v) is 7.06. The van der Waals surface area contributed by atoms with Gasteiger partial charge >= 0.3 is 0 Å². The Labute approximate surface area is 125 Å². The molecule has 0 heterocycles. The van der Waals surface area contributed by atoms with Crippen molar-refractivity contribution in [1.29, 1.82) is 0 Å². The second-order valence-electron chi connectivity index (χ2n) is 4.92. The van der Waals surface area contributed by atoms with Crippen LogP contribution in [-0.4, -0.2) is 5.11 Å². The van der Waals surface area contributed by atoms with Gasteiger partial charge in [0.25, 0.3) is 0 Å². The quantitative estimate of drug-likeness (QED) is 0.864. The molecule has 0 aliphatic carbocycles. The van der Waals surface area contributed by atoms with E-state index in [-0.39, 0.29) is 12.0 Å². The lowest BCUT2D eigenvalue weighted by Gasteiger charge is -2.14. The van der Waals surface area contributed by atoms with Crippen molar-refractivity contribution in [3.63, 3.8) is 0 Å². The minimum Gasteiger partial charge on any atom is -0.388 e. The second-order valence-corrected chi connectivity index (χ2v) is 5.84. The van der Waals surface area contributed by atoms with Gasteiger partial charge in [0.2, 0.25) is 0 Å². The molecule has 0 spiro atoms. The highest BCUT2D eigenvalue weighted by molar-refractivity contribution is 9.10. The Bertz CT molecular complexity index is 617. The standard InChI is InChI=1S/C16H15BrF2O/c1-9-3-4-11(5-10(9)2)6-15(20)16-13(18)7-12(17)8-14(16)19/h3-5,7-8,15,20H,6H2,1-2H3. The van der Waals surface area contributed by atoms with Crippen LogP contribution >= 0.6 is 15.9 Å². The molecule has 0 aliphatic rings. The Morgan fingerprint density at radius 3 is 2.20 bits per heavy atom. The van der Waals surface area contributed by atoms with Crippen LogP contribution in [0.15, 0.2) is 34.8 Å². The minimum absolute atomic E-state index is 0.177. The lowest BCUT2D eigenvalue weighted by atomic mass is 9.98. The van der Waals surface area contributed by atoms with Crippen molar-refractivity contribution in [2.24, 2.45) is 0 Å². The molecule has 2 rings (SSSR count). The van der Waals surface area contributed by atoms with Crippen LogP contribution < -0.4 is 0 Å². The molecule has 20 heavy (non-hydrogen) atoms. The predicted octanol–water partition coefficient (Wildman–Crippen LogP) is 4.62. The van der Waals surface area contributed by atoms with E-state index in [1.165, 1.54) is 0 Å². The lowest BCUT2D eigenvalue weighted by Crippen LogP contribution is -2.07. The van der Waals surface area contributed by atoms with Crippen LogP contribution in [0.3, 0.4) is 0 Å². The number of aryl methyl sites for hydroxylation is 2. The summed E-state index contributed by atoms with van der Waals surface area (Å²) < 4.78 is 27.9. The predicted molar refractivity (Wildman–Crippen MR) is 78.6 cm³/mol. The monoisotopic (exact) mass is 340 g/mol. The third kappa shape index (κ3) is 3.25. The molecule has 1 unspecified atom stereocenters. The first kappa shape index (κ1) is 15.1. The first-order chi connectivity index (χ1) is 9.38. The topological polar surface area (TPSA) is 20.2 Å². The fraction of sp³-hybridized carbons (Fsp3) is 0.250. The zero-order valence-corrected chi connectivity index (χ0v) is 12.8. The molecule has 2 aromatic rings. The van der Waals surface area contributed by atoms with Gasteiger partial charge in [-0.1, -0.05) is 34.1 Å². The average molecular weight is 341 g/mol. The van der Waals surface area contributed by atoms with Gasteiger partial charge in [-0.3, -0.25) is 0 Å². The molecule has 0 saturated carbocycles. The molecule has 1 N–H and O–H groups in total. The van der Waals surface area contributed by atoms with Crippen LogP contribution in [0.1, 0.15) is 28.4 Å². The van der Waals surface area contributed by atoms with Gasteiger partial charge in [-0.25, -0.2) is 8.78 Å². The smallest absolute Gasteiger partial charge is 0.133 e. The Kier molecular flexibility index (Phi) is 4.55. The van der Waals surface area contributed by atoms with Gasteiger partial charge in [-0.15, -0.1) is 0 Å². The number of hydrogen-bond donors (Lipinski definition) is 1. The van der Waals surface area contributed by atoms with Crippen molar-refractivity contribution in [2.45, 2.75) is 26.4 Å². The van der Waals surface area contributed by atoms with Gasteiger partial charge in [-0.2, -0.15) is 0 Å². The summed E-state index contributed by atoms with van der Waals surface area (Å²) in [6.07, 6.45) is -1.03. The van der Waals surface area contributed by atoms with E-state index in [4.69, 9.17) is 0 Å². The van der Waals surface area contributed by atoms with Gasteiger partial charge < -0.3 is 5.11 Å². The fourth-order valence-corrected chi connectivity index (χ4v) is 2.53. The van der Waals surface area contributed by atoms with E-state index >= 15 is 0 Å². The number of aliphatic hydroxyl groups is 1. The number of rotatable bonds is 3. The average Bonchev–Trinajstić information content (AvgIpc) is 2.32. The summed E-state index contributed by atoms with van der Waals surface area (Å²) in [4.78, 5) is 0. The number of benzene rings is 2. The third-order valence-electron chi connectivity index (χ3n) is 3.38. The summed E-state index contributed by atoms with van der Waals surface area (Å²) in [5, 5.41) is 10.1. The maximum absolute atomic E-state index is 13.8. The summed E-state index contributed by atoms with van der Waals surface area (Å²) in [6.45, 7) is 3.95. The third-order valence-corrected chi connectivity index (χ3v) is 3.84. The Morgan fingerprint density at radius 2 is 1.65 bits per heavy atom. The van der Waals surface area contributed by atoms with Crippen LogP contribution in [0.5, 0.6) is 0 Å². The molecular weight excluding hydrogens is 326 g/mol. The highest BCUT2D eigenvalue weighted by Gasteiger charge is 2.19. The van der Waals surface area contributed by atoms with Gasteiger partial charge in [0.1, 0.15) is 11.6 Å². The fourth-order valence-electron chi connectivity index (χ4n) is 2.13. The van der Waals surface area contributed by atoms with Crippen molar-refractivity contribution in [1.82, 2.24) is 0 Å². The van der Waals surface area contributed by atoms with E-state index in [0.29, 0.717) is 4.47 Å². The maximum Gasteiger partial charge on any atom is 0.133 e. The molecule has 4 heteroatoms. The Hall–Kier alpha value is -1.26. The molecule has 0 amide bonds. The molecule has 2 aromatic carbocycles. The minimum atomic E-state index is -1.20. The van der Waals surface area contributed by atoms with E-state index in [2.05, 4.69) is 15.9 Å². The summed E-state index contributed by atoms with van der Waals surface area (Å²) in [6, 6.07) is 8.03. The summed E-state index contributed by atoms with van der Waals surface area (Å²) >= 11 is 3.02. The Morgan fingerprint density at radius 1 is 1.05 bits per heavy atom. The maximum atomic E-state index is 13.8. The number of aliphatic hydroxyl groups excluding tert-OH is 1. The van der Waals surface area contributed by atoms with Gasteiger partial charge in [0, 0.05) is 10.9 Å². The van der Waals surface area contributed by atoms with E-state index in [9.17, 15) is 13.9 Å². The van der Waals surface area contributed by atoms with Crippen molar-refractivity contribution in [3.8, 4) is 0 Å². The Balaban J connectivity index is 2.28. The van der Waals surface area contributed by atoms with E-state index in [0.717, 1.165) is 28.8 Å². The molecule has 1 atom stereocenters. The molecule has 0 radical (unpaired) electrons. The second kappa shape index (κ2) is 6.02. The zero-order chi connectivity index (χ0) is 14.9. The lowest BCUT2D eigenvalue weighted by molar-refractivity contribution is 0.168. The number of halogens is 3. The first-order valence-electron chi connectivity index (χ1n) is 6.27. The van der Waals surface area contributed by atoms with Crippen LogP contribution in [0.2, 0.25) is 0 Å². The van der Waals surface area contributed by atoms with Crippen LogP contribution in [0.4, 0.5) is 8.78 Å². The molecule has 1 nitrogen and oxygen atoms in total. The highest BCUT2D eigenvalue weighted by atomic mass is 79.9. The molecule has 0 aliphatic heterocycles. The van der Waals surface area contributed by atoms with Gasteiger partial charge in [-0.05, 0) is 42.7 Å². The number of hydrogen-bond acceptors (Lipinski definition) is 1. The summed E-state index contributed by atoms with van der Waals surface area (Å²) in [5.74, 6) is -1.48. The molecule has 0 bridgehead atoms. The van der Waals surface area contributed by atoms with Crippen molar-refractivity contribution >= 4 is 15.9 Å². The van der Waals surface area contributed by atoms with Crippen LogP contribution in [-0.2, 0) is 6.42 Å². The molecular formula is C16H15BrF2O. The molecule has 106 valence electrons. The van der Waals surface area contributed by atoms with Crippen LogP contribution in [0, 0.1) is 25.5 Å². The zero-order valence-electron chi connectivity index (χ0n) is 11.3. The summed E-state index contributed by atoms with van der Waals surface area (Å²) in [5.41, 5.74) is 2.80.